The molecule has 0 radical (unpaired) electrons. The summed E-state index contributed by atoms with van der Waals surface area (Å²) in [5.41, 5.74) is -0.267. The van der Waals surface area contributed by atoms with Gasteiger partial charge in [0.2, 0.25) is 0 Å². The topological polar surface area (TPSA) is 96.9 Å². The van der Waals surface area contributed by atoms with Crippen LogP contribution in [0.5, 0.6) is 0 Å². The number of nitrogens with one attached hydrogen (secondary N) is 2. The summed E-state index contributed by atoms with van der Waals surface area (Å²) in [6, 6.07) is -0.300. The first kappa shape index (κ1) is 14.7. The third-order valence-electron chi connectivity index (χ3n) is 2.68. The first-order chi connectivity index (χ1) is 8.52. The van der Waals surface area contributed by atoms with Gasteiger partial charge in [-0.1, -0.05) is 0 Å². The number of ether oxygens (including phenoxy) is 2. The Hall–Kier alpha value is -1.34. The molecule has 0 spiro atoms. The number of carboxylic acids is 1. The van der Waals surface area contributed by atoms with Crippen LogP contribution >= 0.6 is 0 Å². The van der Waals surface area contributed by atoms with Gasteiger partial charge in [0.1, 0.15) is 6.61 Å². The molecule has 1 rings (SSSR count). The lowest BCUT2D eigenvalue weighted by Gasteiger charge is -2.23. The van der Waals surface area contributed by atoms with Crippen molar-refractivity contribution in [3.63, 3.8) is 0 Å². The highest BCUT2D eigenvalue weighted by Gasteiger charge is 2.29. The molecule has 7 nitrogen and oxygen atoms in total. The minimum Gasteiger partial charge on any atom is -0.480 e. The fraction of sp³-hybridized carbons (Fsp3) is 0.818. The van der Waals surface area contributed by atoms with E-state index in [1.54, 1.807) is 0 Å². The second-order valence-corrected chi connectivity index (χ2v) is 4.46. The normalized spacial score (nSPS) is 22.7. The number of carboxylic acid groups (broad SMARTS) is 1. The van der Waals surface area contributed by atoms with Crippen molar-refractivity contribution in [3.8, 4) is 0 Å². The zero-order valence-electron chi connectivity index (χ0n) is 10.5. The minimum absolute atomic E-state index is 0.174. The molecule has 18 heavy (non-hydrogen) atoms. The Morgan fingerprint density at radius 2 is 2.22 bits per heavy atom. The fourth-order valence-corrected chi connectivity index (χ4v) is 1.70. The van der Waals surface area contributed by atoms with Gasteiger partial charge >= 0.3 is 12.0 Å². The van der Waals surface area contributed by atoms with E-state index in [9.17, 15) is 9.59 Å². The Morgan fingerprint density at radius 3 is 2.83 bits per heavy atom. The van der Waals surface area contributed by atoms with Crippen molar-refractivity contribution in [2.75, 3.05) is 32.9 Å². The minimum atomic E-state index is -1.02. The smallest absolute Gasteiger partial charge is 0.329 e. The van der Waals surface area contributed by atoms with E-state index in [1.165, 1.54) is 0 Å². The Labute approximate surface area is 106 Å². The molecule has 1 unspecified atom stereocenters. The van der Waals surface area contributed by atoms with Crippen molar-refractivity contribution in [3.05, 3.63) is 0 Å². The van der Waals surface area contributed by atoms with Crippen LogP contribution in [0.15, 0.2) is 0 Å². The van der Waals surface area contributed by atoms with E-state index in [0.29, 0.717) is 6.54 Å². The number of aliphatic carboxylic acids is 1. The van der Waals surface area contributed by atoms with E-state index in [2.05, 4.69) is 10.6 Å². The van der Waals surface area contributed by atoms with Crippen molar-refractivity contribution in [1.29, 1.82) is 0 Å². The van der Waals surface area contributed by atoms with Crippen molar-refractivity contribution < 1.29 is 24.2 Å². The van der Waals surface area contributed by atoms with Crippen LogP contribution in [0.4, 0.5) is 4.79 Å². The molecule has 2 amide bonds. The Balaban J connectivity index is 2.02. The van der Waals surface area contributed by atoms with Crippen molar-refractivity contribution >= 4 is 12.0 Å². The predicted molar refractivity (Wildman–Crippen MR) is 63.4 cm³/mol. The van der Waals surface area contributed by atoms with Crippen LogP contribution < -0.4 is 10.6 Å². The second kappa shape index (κ2) is 7.17. The van der Waals surface area contributed by atoms with Gasteiger partial charge < -0.3 is 25.2 Å². The van der Waals surface area contributed by atoms with Crippen LogP contribution in [0.3, 0.4) is 0 Å². The van der Waals surface area contributed by atoms with Gasteiger partial charge in [0.05, 0.1) is 12.2 Å². The molecule has 0 saturated carbocycles. The van der Waals surface area contributed by atoms with Crippen LogP contribution in [-0.4, -0.2) is 55.6 Å². The van der Waals surface area contributed by atoms with Gasteiger partial charge in [-0.2, -0.15) is 0 Å². The van der Waals surface area contributed by atoms with E-state index in [4.69, 9.17) is 14.6 Å². The van der Waals surface area contributed by atoms with Gasteiger partial charge in [0, 0.05) is 19.7 Å². The summed E-state index contributed by atoms with van der Waals surface area (Å²) in [6.45, 7) is 3.27. The van der Waals surface area contributed by atoms with Crippen molar-refractivity contribution in [1.82, 2.24) is 10.6 Å². The zero-order chi connectivity index (χ0) is 13.4. The highest BCUT2D eigenvalue weighted by molar-refractivity contribution is 5.73. The number of rotatable bonds is 7. The van der Waals surface area contributed by atoms with Crippen LogP contribution in [0.25, 0.3) is 0 Å². The molecule has 104 valence electrons. The molecule has 1 atom stereocenters. The number of carbonyl (C=O) groups is 2. The summed E-state index contributed by atoms with van der Waals surface area (Å²) < 4.78 is 10.3. The first-order valence-electron chi connectivity index (χ1n) is 5.97. The summed E-state index contributed by atoms with van der Waals surface area (Å²) in [4.78, 5) is 21.5. The molecular weight excluding hydrogens is 240 g/mol. The third-order valence-corrected chi connectivity index (χ3v) is 2.68. The van der Waals surface area contributed by atoms with Gasteiger partial charge in [-0.3, -0.25) is 0 Å². The molecule has 0 aliphatic carbocycles. The van der Waals surface area contributed by atoms with Crippen LogP contribution in [0, 0.1) is 0 Å². The van der Waals surface area contributed by atoms with Crippen molar-refractivity contribution in [2.24, 2.45) is 0 Å². The lowest BCUT2D eigenvalue weighted by Crippen LogP contribution is -2.45. The van der Waals surface area contributed by atoms with E-state index in [1.807, 2.05) is 6.92 Å². The maximum absolute atomic E-state index is 11.4. The summed E-state index contributed by atoms with van der Waals surface area (Å²) in [6.07, 6.45) is 1.96. The Bertz CT molecular complexity index is 289. The van der Waals surface area contributed by atoms with Gasteiger partial charge in [-0.05, 0) is 19.8 Å². The monoisotopic (exact) mass is 260 g/mol. The van der Waals surface area contributed by atoms with E-state index < -0.39 is 5.97 Å². The van der Waals surface area contributed by atoms with E-state index >= 15 is 0 Å². The SMILES string of the molecule is CC1(CNC(=O)NCCOCC(=O)O)CCCO1. The van der Waals surface area contributed by atoms with E-state index in [-0.39, 0.29) is 31.4 Å². The molecule has 1 heterocycles. The highest BCUT2D eigenvalue weighted by atomic mass is 16.5. The number of urea groups is 1. The number of amides is 2. The molecule has 0 aromatic rings. The molecule has 0 bridgehead atoms. The molecule has 1 fully saturated rings. The van der Waals surface area contributed by atoms with Gasteiger partial charge in [-0.25, -0.2) is 9.59 Å². The molecule has 0 aromatic carbocycles. The van der Waals surface area contributed by atoms with Crippen LogP contribution in [0.2, 0.25) is 0 Å². The molecule has 7 heteroatoms. The van der Waals surface area contributed by atoms with E-state index in [0.717, 1.165) is 19.4 Å². The first-order valence-corrected chi connectivity index (χ1v) is 5.97. The molecule has 1 aliphatic heterocycles. The van der Waals surface area contributed by atoms with Crippen LogP contribution in [-0.2, 0) is 14.3 Å². The second-order valence-electron chi connectivity index (χ2n) is 4.46. The zero-order valence-corrected chi connectivity index (χ0v) is 10.5. The average Bonchev–Trinajstić information content (AvgIpc) is 2.73. The number of carbonyl (C=O) groups excluding carboxylic acids is 1. The number of hydrogen-bond donors (Lipinski definition) is 3. The molecule has 1 aliphatic rings. The maximum atomic E-state index is 11.4. The lowest BCUT2D eigenvalue weighted by molar-refractivity contribution is -0.142. The summed E-state index contributed by atoms with van der Waals surface area (Å²) >= 11 is 0. The quantitative estimate of drug-likeness (QED) is 0.558. The fourth-order valence-electron chi connectivity index (χ4n) is 1.70. The summed E-state index contributed by atoms with van der Waals surface area (Å²) in [5.74, 6) is -1.02. The van der Waals surface area contributed by atoms with Crippen molar-refractivity contribution in [2.45, 2.75) is 25.4 Å². The van der Waals surface area contributed by atoms with Gasteiger partial charge in [0.25, 0.3) is 0 Å². The standard InChI is InChI=1S/C11H20N2O5/c1-11(3-2-5-18-11)8-13-10(16)12-4-6-17-7-9(14)15/h2-8H2,1H3,(H,14,15)(H2,12,13,16). The Kier molecular flexibility index (Phi) is 5.87. The maximum Gasteiger partial charge on any atom is 0.329 e. The third kappa shape index (κ3) is 5.83. The molecule has 3 N–H and O–H groups in total. The summed E-state index contributed by atoms with van der Waals surface area (Å²) in [5, 5.41) is 13.6. The lowest BCUT2D eigenvalue weighted by atomic mass is 10.0. The Morgan fingerprint density at radius 1 is 1.44 bits per heavy atom. The molecule has 0 aromatic heterocycles. The predicted octanol–water partition coefficient (Wildman–Crippen LogP) is -0.0441. The highest BCUT2D eigenvalue weighted by Crippen LogP contribution is 2.23. The average molecular weight is 260 g/mol. The van der Waals surface area contributed by atoms with Gasteiger partial charge in [0.15, 0.2) is 0 Å². The van der Waals surface area contributed by atoms with Crippen LogP contribution in [0.1, 0.15) is 19.8 Å². The molecular formula is C11H20N2O5. The van der Waals surface area contributed by atoms with Gasteiger partial charge in [-0.15, -0.1) is 0 Å². The molecule has 1 saturated heterocycles. The summed E-state index contributed by atoms with van der Waals surface area (Å²) in [7, 11) is 0. The number of hydrogen-bond acceptors (Lipinski definition) is 4. The largest absolute Gasteiger partial charge is 0.480 e.